The molecule has 0 saturated heterocycles. The van der Waals surface area contributed by atoms with Crippen LogP contribution in [0.15, 0.2) is 12.2 Å². The van der Waals surface area contributed by atoms with E-state index in [1.165, 1.54) is 19.3 Å². The number of nitrogens with one attached hydrogen (secondary N) is 1. The van der Waals surface area contributed by atoms with E-state index in [4.69, 9.17) is 4.84 Å². The number of hydrogen-bond donors (Lipinski definition) is 3. The largest absolute Gasteiger partial charge is 0.481 e. The fourth-order valence-corrected chi connectivity index (χ4v) is 11.7. The highest BCUT2D eigenvalue weighted by atomic mass is 16.6. The monoisotopic (exact) mass is 501 g/mol. The Morgan fingerprint density at radius 1 is 0.917 bits per heavy atom. The number of aliphatic hydroxyl groups is 1. The minimum atomic E-state index is -0.605. The molecule has 0 bridgehead atoms. The molecule has 0 aromatic rings. The Kier molecular flexibility index (Phi) is 6.34. The normalized spacial score (nSPS) is 51.4. The van der Waals surface area contributed by atoms with Crippen LogP contribution in [0, 0.1) is 56.7 Å². The molecule has 0 amide bonds. The number of fused-ring (bicyclic) bond motifs is 7. The summed E-state index contributed by atoms with van der Waals surface area (Å²) < 4.78 is 0. The number of hydroxylamine groups is 1. The molecule has 5 rings (SSSR count). The van der Waals surface area contributed by atoms with E-state index in [-0.39, 0.29) is 39.6 Å². The van der Waals surface area contributed by atoms with Crippen molar-refractivity contribution in [2.45, 2.75) is 105 Å². The second-order valence-corrected chi connectivity index (χ2v) is 14.9. The highest BCUT2D eigenvalue weighted by molar-refractivity contribution is 5.76. The molecule has 0 unspecified atom stereocenters. The Labute approximate surface area is 218 Å². The van der Waals surface area contributed by atoms with Crippen LogP contribution >= 0.6 is 0 Å². The maximum Gasteiger partial charge on any atom is 0.309 e. The first-order valence-electron chi connectivity index (χ1n) is 14.6. The minimum absolute atomic E-state index is 0.0419. The average molecular weight is 502 g/mol. The summed E-state index contributed by atoms with van der Waals surface area (Å²) in [5.74, 6) is 1.42. The number of rotatable bonds is 5. The Balaban J connectivity index is 1.53. The number of aliphatic carboxylic acids is 1. The Bertz CT molecular complexity index is 916. The third kappa shape index (κ3) is 3.27. The fourth-order valence-electron chi connectivity index (χ4n) is 11.7. The van der Waals surface area contributed by atoms with Gasteiger partial charge in [-0.25, -0.2) is 0 Å². The molecule has 36 heavy (non-hydrogen) atoms. The van der Waals surface area contributed by atoms with Crippen molar-refractivity contribution in [2.75, 3.05) is 13.7 Å². The maximum absolute atomic E-state index is 12.9. The molecular weight excluding hydrogens is 450 g/mol. The zero-order chi connectivity index (χ0) is 26.3. The highest BCUT2D eigenvalue weighted by Gasteiger charge is 2.72. The van der Waals surface area contributed by atoms with Gasteiger partial charge >= 0.3 is 5.97 Å². The number of carboxylic acid groups (broad SMARTS) is 1. The van der Waals surface area contributed by atoms with Crippen LogP contribution in [-0.4, -0.2) is 35.9 Å². The number of aliphatic hydroxyl groups excluding tert-OH is 1. The number of hydrogen-bond acceptors (Lipinski definition) is 4. The van der Waals surface area contributed by atoms with Crippen molar-refractivity contribution in [3.8, 4) is 0 Å². The molecule has 0 aromatic carbocycles. The number of carboxylic acids is 1. The second-order valence-electron chi connectivity index (χ2n) is 14.9. The SMILES string of the molecule is C=C(CNOC)[C@@H]1CC[C@]2(C(=O)O)CC[C@]3(C)[C@H](CC[C@@H]4[C@@]5(C)CC[C@H](O)C(C)(C)[C@@H]5CC[C@]43C)[C@@H]12. The zero-order valence-electron chi connectivity index (χ0n) is 23.7. The van der Waals surface area contributed by atoms with Gasteiger partial charge in [-0.2, -0.15) is 5.48 Å². The van der Waals surface area contributed by atoms with E-state index in [0.29, 0.717) is 24.3 Å². The van der Waals surface area contributed by atoms with Crippen LogP contribution in [0.25, 0.3) is 0 Å². The lowest BCUT2D eigenvalue weighted by Gasteiger charge is -2.72. The molecule has 0 heterocycles. The smallest absolute Gasteiger partial charge is 0.309 e. The molecule has 5 saturated carbocycles. The van der Waals surface area contributed by atoms with Crippen molar-refractivity contribution in [1.29, 1.82) is 0 Å². The van der Waals surface area contributed by atoms with Gasteiger partial charge in [0.15, 0.2) is 0 Å². The highest BCUT2D eigenvalue weighted by Crippen LogP contribution is 2.77. The predicted molar refractivity (Wildman–Crippen MR) is 142 cm³/mol. The summed E-state index contributed by atoms with van der Waals surface area (Å²) in [7, 11) is 1.63. The Hall–Kier alpha value is -0.910. The summed E-state index contributed by atoms with van der Waals surface area (Å²) in [6.45, 7) is 17.3. The zero-order valence-corrected chi connectivity index (χ0v) is 23.7. The molecule has 0 aliphatic heterocycles. The van der Waals surface area contributed by atoms with Crippen molar-refractivity contribution in [3.63, 3.8) is 0 Å². The van der Waals surface area contributed by atoms with E-state index >= 15 is 0 Å². The second kappa shape index (κ2) is 8.55. The summed E-state index contributed by atoms with van der Waals surface area (Å²) in [6.07, 6.45) is 10.1. The van der Waals surface area contributed by atoms with Gasteiger partial charge < -0.3 is 15.1 Å². The van der Waals surface area contributed by atoms with E-state index in [0.717, 1.165) is 50.5 Å². The van der Waals surface area contributed by atoms with Gasteiger partial charge in [-0.3, -0.25) is 4.79 Å². The molecule has 0 radical (unpaired) electrons. The van der Waals surface area contributed by atoms with Gasteiger partial charge in [0, 0.05) is 6.54 Å². The van der Waals surface area contributed by atoms with Gasteiger partial charge in [-0.1, -0.05) is 46.8 Å². The van der Waals surface area contributed by atoms with Crippen LogP contribution in [0.5, 0.6) is 0 Å². The molecule has 5 nitrogen and oxygen atoms in total. The molecule has 5 heteroatoms. The van der Waals surface area contributed by atoms with Gasteiger partial charge in [0.05, 0.1) is 18.6 Å². The van der Waals surface area contributed by atoms with Crippen molar-refractivity contribution in [1.82, 2.24) is 5.48 Å². The van der Waals surface area contributed by atoms with Crippen molar-refractivity contribution in [3.05, 3.63) is 12.2 Å². The minimum Gasteiger partial charge on any atom is -0.481 e. The van der Waals surface area contributed by atoms with E-state index in [2.05, 4.69) is 46.7 Å². The summed E-state index contributed by atoms with van der Waals surface area (Å²) >= 11 is 0. The van der Waals surface area contributed by atoms with Crippen LogP contribution < -0.4 is 5.48 Å². The molecular formula is C31H51NO4. The first-order valence-corrected chi connectivity index (χ1v) is 14.6. The third-order valence-electron chi connectivity index (χ3n) is 13.8. The maximum atomic E-state index is 12.9. The average Bonchev–Trinajstić information content (AvgIpc) is 3.22. The number of carbonyl (C=O) groups is 1. The Morgan fingerprint density at radius 2 is 1.64 bits per heavy atom. The molecule has 0 spiro atoms. The first kappa shape index (κ1) is 26.7. The lowest BCUT2D eigenvalue weighted by atomic mass is 9.32. The van der Waals surface area contributed by atoms with Crippen LogP contribution in [0.4, 0.5) is 0 Å². The summed E-state index contributed by atoms with van der Waals surface area (Å²) in [6, 6.07) is 0. The summed E-state index contributed by atoms with van der Waals surface area (Å²) in [5, 5.41) is 21.6. The third-order valence-corrected chi connectivity index (χ3v) is 13.8. The molecule has 5 fully saturated rings. The van der Waals surface area contributed by atoms with Gasteiger partial charge in [0.2, 0.25) is 0 Å². The van der Waals surface area contributed by atoms with Crippen molar-refractivity contribution >= 4 is 5.97 Å². The van der Waals surface area contributed by atoms with Crippen molar-refractivity contribution in [2.24, 2.45) is 56.7 Å². The van der Waals surface area contributed by atoms with Crippen LogP contribution in [0.2, 0.25) is 0 Å². The van der Waals surface area contributed by atoms with Crippen LogP contribution in [0.1, 0.15) is 98.8 Å². The van der Waals surface area contributed by atoms with Crippen LogP contribution in [-0.2, 0) is 9.63 Å². The molecule has 204 valence electrons. The predicted octanol–water partition coefficient (Wildman–Crippen LogP) is 6.22. The fraction of sp³-hybridized carbons (Fsp3) is 0.903. The summed E-state index contributed by atoms with van der Waals surface area (Å²) in [5.41, 5.74) is 4.01. The first-order chi connectivity index (χ1) is 16.8. The topological polar surface area (TPSA) is 78.8 Å². The lowest BCUT2D eigenvalue weighted by Crippen LogP contribution is -2.67. The van der Waals surface area contributed by atoms with Gasteiger partial charge in [-0.15, -0.1) is 0 Å². The van der Waals surface area contributed by atoms with E-state index < -0.39 is 11.4 Å². The van der Waals surface area contributed by atoms with Gasteiger partial charge in [0.25, 0.3) is 0 Å². The molecule has 0 aromatic heterocycles. The van der Waals surface area contributed by atoms with Gasteiger partial charge in [-0.05, 0) is 115 Å². The Morgan fingerprint density at radius 3 is 2.31 bits per heavy atom. The molecule has 10 atom stereocenters. The standard InChI is InChI=1S/C31H51NO4/c1-19(18-32-36-7)20-10-15-31(26(34)35)17-16-29(5)21(25(20)31)8-9-23-28(4)13-12-24(33)27(2,3)22(28)11-14-30(23,29)6/h20-25,32-33H,1,8-18H2,2-7H3,(H,34,35)/t20-,21+,22-,23+,24-,25+,28-,29+,30+,31-/m0/s1. The van der Waals surface area contributed by atoms with Crippen LogP contribution in [0.3, 0.4) is 0 Å². The van der Waals surface area contributed by atoms with E-state index in [1.807, 2.05) is 0 Å². The molecule has 5 aliphatic rings. The molecule has 3 N–H and O–H groups in total. The quantitative estimate of drug-likeness (QED) is 0.308. The lowest BCUT2D eigenvalue weighted by molar-refractivity contribution is -0.248. The van der Waals surface area contributed by atoms with Gasteiger partial charge in [0.1, 0.15) is 0 Å². The molecule has 5 aliphatic carbocycles. The van der Waals surface area contributed by atoms with E-state index in [9.17, 15) is 15.0 Å². The summed E-state index contributed by atoms with van der Waals surface area (Å²) in [4.78, 5) is 18.1. The van der Waals surface area contributed by atoms with E-state index in [1.54, 1.807) is 7.11 Å². The van der Waals surface area contributed by atoms with Crippen molar-refractivity contribution < 1.29 is 19.8 Å².